The zero-order valence-electron chi connectivity index (χ0n) is 18.0. The number of carbonyl (C=O) groups excluding carboxylic acids is 1. The number of ether oxygens (including phenoxy) is 1. The molecule has 0 unspecified atom stereocenters. The smallest absolute Gasteiger partial charge is 0.240 e. The number of hydrogen-bond acceptors (Lipinski definition) is 6. The van der Waals surface area contributed by atoms with Gasteiger partial charge < -0.3 is 15.5 Å². The van der Waals surface area contributed by atoms with Crippen LogP contribution < -0.4 is 15.5 Å². The highest BCUT2D eigenvalue weighted by Gasteiger charge is 2.37. The summed E-state index contributed by atoms with van der Waals surface area (Å²) in [5.41, 5.74) is 6.34. The topological polar surface area (TPSA) is 81.1 Å². The summed E-state index contributed by atoms with van der Waals surface area (Å²) in [5.74, 6) is 1.61. The molecule has 0 saturated heterocycles. The quantitative estimate of drug-likeness (QED) is 0.572. The monoisotopic (exact) mass is 437 g/mol. The summed E-state index contributed by atoms with van der Waals surface area (Å²) >= 11 is 1.44. The lowest BCUT2D eigenvalue weighted by molar-refractivity contribution is -0.116. The first-order valence-electron chi connectivity index (χ1n) is 10.6. The van der Waals surface area contributed by atoms with Crippen molar-refractivity contribution in [1.82, 2.24) is 14.9 Å². The van der Waals surface area contributed by atoms with E-state index in [2.05, 4.69) is 27.9 Å². The number of fused-ring (bicyclic) bond motifs is 1. The van der Waals surface area contributed by atoms with Gasteiger partial charge in [0.15, 0.2) is 5.82 Å². The minimum Gasteiger partial charge on any atom is -0.494 e. The first-order valence-corrected chi connectivity index (χ1v) is 11.5. The van der Waals surface area contributed by atoms with Crippen LogP contribution in [0.25, 0.3) is 0 Å². The van der Waals surface area contributed by atoms with Crippen molar-refractivity contribution in [2.24, 2.45) is 0 Å². The standard InChI is InChI=1S/C23H27N5O2S/c1-4-8-19-25-26-23-28(19)27-20(16-11-13-17(14-12-16)30-5-2)21(31-23)22(29)24-18-10-7-6-9-15(18)3/h6-7,9-14,20-21,27H,4-5,8H2,1-3H3,(H,24,29)/t20-,21-/m1/s1. The van der Waals surface area contributed by atoms with Crippen LogP contribution in [0.4, 0.5) is 5.69 Å². The van der Waals surface area contributed by atoms with Gasteiger partial charge in [0.2, 0.25) is 11.1 Å². The van der Waals surface area contributed by atoms with Crippen molar-refractivity contribution in [2.45, 2.75) is 50.1 Å². The van der Waals surface area contributed by atoms with Gasteiger partial charge in [-0.1, -0.05) is 49.0 Å². The molecule has 1 aliphatic rings. The van der Waals surface area contributed by atoms with E-state index in [-0.39, 0.29) is 11.9 Å². The normalized spacial score (nSPS) is 17.5. The number of amides is 1. The minimum atomic E-state index is -0.413. The molecule has 31 heavy (non-hydrogen) atoms. The first-order chi connectivity index (χ1) is 15.1. The van der Waals surface area contributed by atoms with Crippen LogP contribution in [0.15, 0.2) is 53.7 Å². The zero-order valence-corrected chi connectivity index (χ0v) is 18.8. The predicted octanol–water partition coefficient (Wildman–Crippen LogP) is 4.34. The van der Waals surface area contributed by atoms with Crippen molar-refractivity contribution in [3.8, 4) is 5.75 Å². The molecule has 0 fully saturated rings. The Bertz CT molecular complexity index is 1050. The number of benzene rings is 2. The molecule has 8 heteroatoms. The number of thioether (sulfide) groups is 1. The molecule has 0 bridgehead atoms. The Morgan fingerprint density at radius 3 is 2.65 bits per heavy atom. The summed E-state index contributed by atoms with van der Waals surface area (Å²) in [6, 6.07) is 15.4. The fourth-order valence-corrected chi connectivity index (χ4v) is 4.69. The molecular formula is C23H27N5O2S. The Labute approximate surface area is 186 Å². The fraction of sp³-hybridized carbons (Fsp3) is 0.348. The average Bonchev–Trinajstić information content (AvgIpc) is 3.17. The lowest BCUT2D eigenvalue weighted by Crippen LogP contribution is -2.41. The maximum Gasteiger partial charge on any atom is 0.240 e. The molecule has 2 N–H and O–H groups in total. The van der Waals surface area contributed by atoms with E-state index in [0.29, 0.717) is 11.8 Å². The van der Waals surface area contributed by atoms with E-state index in [1.807, 2.05) is 67.1 Å². The van der Waals surface area contributed by atoms with Crippen molar-refractivity contribution < 1.29 is 9.53 Å². The molecule has 0 radical (unpaired) electrons. The third kappa shape index (κ3) is 4.54. The van der Waals surface area contributed by atoms with Crippen LogP contribution in [-0.4, -0.2) is 32.6 Å². The molecule has 0 spiro atoms. The van der Waals surface area contributed by atoms with E-state index in [4.69, 9.17) is 4.74 Å². The minimum absolute atomic E-state index is 0.0722. The number of rotatable bonds is 7. The number of nitrogens with one attached hydrogen (secondary N) is 2. The van der Waals surface area contributed by atoms with E-state index in [1.54, 1.807) is 0 Å². The maximum absolute atomic E-state index is 13.4. The number of aromatic nitrogens is 3. The van der Waals surface area contributed by atoms with Crippen molar-refractivity contribution in [3.05, 3.63) is 65.5 Å². The van der Waals surface area contributed by atoms with Gasteiger partial charge in [-0.3, -0.25) is 4.79 Å². The van der Waals surface area contributed by atoms with Gasteiger partial charge >= 0.3 is 0 Å². The highest BCUT2D eigenvalue weighted by molar-refractivity contribution is 8.00. The van der Waals surface area contributed by atoms with Gasteiger partial charge in [0.05, 0.1) is 12.6 Å². The van der Waals surface area contributed by atoms with E-state index in [1.165, 1.54) is 11.8 Å². The van der Waals surface area contributed by atoms with Crippen molar-refractivity contribution in [2.75, 3.05) is 17.3 Å². The molecule has 162 valence electrons. The van der Waals surface area contributed by atoms with Crippen molar-refractivity contribution in [1.29, 1.82) is 0 Å². The molecule has 2 heterocycles. The molecule has 2 aromatic carbocycles. The Balaban J connectivity index is 1.66. The summed E-state index contributed by atoms with van der Waals surface area (Å²) in [7, 11) is 0. The van der Waals surface area contributed by atoms with Gasteiger partial charge in [-0.2, -0.15) is 0 Å². The molecule has 7 nitrogen and oxygen atoms in total. The van der Waals surface area contributed by atoms with Crippen LogP contribution >= 0.6 is 11.8 Å². The molecule has 3 aromatic rings. The number of carbonyl (C=O) groups is 1. The molecular weight excluding hydrogens is 410 g/mol. The lowest BCUT2D eigenvalue weighted by Gasteiger charge is -2.33. The summed E-state index contributed by atoms with van der Waals surface area (Å²) in [6.07, 6.45) is 1.78. The molecule has 0 aliphatic carbocycles. The first kappa shape index (κ1) is 21.2. The molecule has 1 aromatic heterocycles. The largest absolute Gasteiger partial charge is 0.494 e. The van der Waals surface area contributed by atoms with E-state index >= 15 is 0 Å². The summed E-state index contributed by atoms with van der Waals surface area (Å²) in [5, 5.41) is 12.0. The Morgan fingerprint density at radius 1 is 1.16 bits per heavy atom. The Hall–Kier alpha value is -3.00. The summed E-state index contributed by atoms with van der Waals surface area (Å²) in [4.78, 5) is 13.4. The number of aryl methyl sites for hydroxylation is 2. The summed E-state index contributed by atoms with van der Waals surface area (Å²) in [6.45, 7) is 6.67. The third-order valence-electron chi connectivity index (χ3n) is 5.19. The maximum atomic E-state index is 13.4. The average molecular weight is 438 g/mol. The van der Waals surface area contributed by atoms with Gasteiger partial charge in [-0.25, -0.2) is 4.68 Å². The van der Waals surface area contributed by atoms with Gasteiger partial charge in [0, 0.05) is 12.1 Å². The number of anilines is 1. The number of hydrogen-bond donors (Lipinski definition) is 2. The van der Waals surface area contributed by atoms with Gasteiger partial charge in [0.1, 0.15) is 11.0 Å². The molecule has 0 saturated carbocycles. The van der Waals surface area contributed by atoms with Crippen molar-refractivity contribution >= 4 is 23.4 Å². The van der Waals surface area contributed by atoms with E-state index < -0.39 is 5.25 Å². The molecule has 4 rings (SSSR count). The highest BCUT2D eigenvalue weighted by Crippen LogP contribution is 2.38. The van der Waals surface area contributed by atoms with Gasteiger partial charge in [-0.15, -0.1) is 10.2 Å². The lowest BCUT2D eigenvalue weighted by atomic mass is 10.0. The van der Waals surface area contributed by atoms with Crippen LogP contribution in [0.1, 0.15) is 43.3 Å². The number of para-hydroxylation sites is 1. The second kappa shape index (κ2) is 9.43. The van der Waals surface area contributed by atoms with Crippen LogP contribution in [0, 0.1) is 6.92 Å². The second-order valence-corrected chi connectivity index (χ2v) is 8.54. The predicted molar refractivity (Wildman–Crippen MR) is 123 cm³/mol. The number of nitrogens with zero attached hydrogens (tertiary/aromatic N) is 3. The summed E-state index contributed by atoms with van der Waals surface area (Å²) < 4.78 is 7.50. The Kier molecular flexibility index (Phi) is 6.46. The van der Waals surface area contributed by atoms with Gasteiger partial charge in [0.25, 0.3) is 0 Å². The van der Waals surface area contributed by atoms with Crippen LogP contribution in [0.5, 0.6) is 5.75 Å². The third-order valence-corrected chi connectivity index (χ3v) is 6.40. The fourth-order valence-electron chi connectivity index (χ4n) is 3.59. The Morgan fingerprint density at radius 2 is 1.94 bits per heavy atom. The van der Waals surface area contributed by atoms with Crippen LogP contribution in [0.3, 0.4) is 0 Å². The second-order valence-electron chi connectivity index (χ2n) is 7.44. The van der Waals surface area contributed by atoms with Gasteiger partial charge in [-0.05, 0) is 49.6 Å². The zero-order chi connectivity index (χ0) is 21.8. The molecule has 2 atom stereocenters. The van der Waals surface area contributed by atoms with E-state index in [0.717, 1.165) is 41.2 Å². The van der Waals surface area contributed by atoms with Crippen molar-refractivity contribution in [3.63, 3.8) is 0 Å². The van der Waals surface area contributed by atoms with Crippen LogP contribution in [0.2, 0.25) is 0 Å². The van der Waals surface area contributed by atoms with Crippen LogP contribution in [-0.2, 0) is 11.2 Å². The SMILES string of the molecule is CCCc1nnc2n1N[C@H](c1ccc(OCC)cc1)[C@H](C(=O)Nc1ccccc1C)S2. The highest BCUT2D eigenvalue weighted by atomic mass is 32.2. The molecule has 1 amide bonds. The molecule has 1 aliphatic heterocycles. The van der Waals surface area contributed by atoms with E-state index in [9.17, 15) is 4.79 Å².